The van der Waals surface area contributed by atoms with Crippen LogP contribution in [0.4, 0.5) is 4.79 Å². The molecule has 2 saturated heterocycles. The largest absolute Gasteiger partial charge is 0.508 e. The van der Waals surface area contributed by atoms with E-state index in [0.717, 1.165) is 30.6 Å². The Morgan fingerprint density at radius 1 is 1.17 bits per heavy atom. The standard InChI is InChI=1S/C22H29N3O4/c1-3-24-10-9-20-13-21(18(27)25(4-2)19(28)23-21)7-8-22(20,29)17(24)11-14-5-6-15(26)12-16(14)20/h5-6,12,17,26,29H,3-4,7-11,13H2,1-2H3,(H,23,28)/t17-,20-,21+,22-/m1/s1. The van der Waals surface area contributed by atoms with E-state index >= 15 is 0 Å². The molecule has 1 saturated carbocycles. The molecule has 3 amide bonds. The van der Waals surface area contributed by atoms with Crippen LogP contribution >= 0.6 is 0 Å². The molecule has 2 aliphatic carbocycles. The van der Waals surface area contributed by atoms with E-state index in [-0.39, 0.29) is 23.7 Å². The smallest absolute Gasteiger partial charge is 0.325 e. The first-order valence-electron chi connectivity index (χ1n) is 10.7. The zero-order valence-corrected chi connectivity index (χ0v) is 17.1. The van der Waals surface area contributed by atoms with E-state index in [1.54, 1.807) is 19.1 Å². The summed E-state index contributed by atoms with van der Waals surface area (Å²) < 4.78 is 0. The number of aliphatic hydroxyl groups is 1. The summed E-state index contributed by atoms with van der Waals surface area (Å²) >= 11 is 0. The molecule has 4 atom stereocenters. The molecule has 29 heavy (non-hydrogen) atoms. The van der Waals surface area contributed by atoms with Gasteiger partial charge in [-0.25, -0.2) is 4.79 Å². The van der Waals surface area contributed by atoms with Crippen LogP contribution in [0.3, 0.4) is 0 Å². The van der Waals surface area contributed by atoms with Crippen LogP contribution in [0.2, 0.25) is 0 Å². The SMILES string of the molecule is CCN1C(=O)N[C@]2(CC[C@@]3(O)[C@H]4Cc5ccc(O)cc5[C@@]3(CCN4CC)C2)C1=O. The van der Waals surface area contributed by atoms with Gasteiger partial charge in [0.25, 0.3) is 5.91 Å². The fraction of sp³-hybridized carbons (Fsp3) is 0.636. The summed E-state index contributed by atoms with van der Waals surface area (Å²) in [5, 5.41) is 25.4. The number of piperidine rings is 1. The molecule has 3 N–H and O–H groups in total. The number of imide groups is 1. The monoisotopic (exact) mass is 399 g/mol. The molecule has 1 aromatic carbocycles. The Labute approximate surface area is 170 Å². The van der Waals surface area contributed by atoms with Crippen LogP contribution < -0.4 is 5.32 Å². The fourth-order valence-corrected chi connectivity index (χ4v) is 6.77. The topological polar surface area (TPSA) is 93.1 Å². The van der Waals surface area contributed by atoms with Crippen LogP contribution in [0.1, 0.15) is 50.7 Å². The van der Waals surface area contributed by atoms with Crippen LogP contribution in [0, 0.1) is 0 Å². The summed E-state index contributed by atoms with van der Waals surface area (Å²) in [7, 11) is 0. The van der Waals surface area contributed by atoms with Gasteiger partial charge < -0.3 is 15.5 Å². The summed E-state index contributed by atoms with van der Waals surface area (Å²) in [6.07, 6.45) is 2.70. The van der Waals surface area contributed by atoms with Gasteiger partial charge >= 0.3 is 6.03 Å². The zero-order valence-electron chi connectivity index (χ0n) is 17.1. The van der Waals surface area contributed by atoms with Gasteiger partial charge in [-0.15, -0.1) is 0 Å². The summed E-state index contributed by atoms with van der Waals surface area (Å²) in [4.78, 5) is 29.4. The third-order valence-corrected chi connectivity index (χ3v) is 8.17. The quantitative estimate of drug-likeness (QED) is 0.656. The van der Waals surface area contributed by atoms with Crippen molar-refractivity contribution in [2.75, 3.05) is 19.6 Å². The van der Waals surface area contributed by atoms with Crippen molar-refractivity contribution >= 4 is 11.9 Å². The number of benzene rings is 1. The van der Waals surface area contributed by atoms with E-state index in [0.29, 0.717) is 32.2 Å². The maximum absolute atomic E-state index is 13.3. The average molecular weight is 399 g/mol. The van der Waals surface area contributed by atoms with Crippen LogP contribution in [0.5, 0.6) is 5.75 Å². The van der Waals surface area contributed by atoms with Gasteiger partial charge in [-0.1, -0.05) is 13.0 Å². The summed E-state index contributed by atoms with van der Waals surface area (Å²) in [5.41, 5.74) is -0.559. The van der Waals surface area contributed by atoms with Gasteiger partial charge in [0.1, 0.15) is 11.3 Å². The molecule has 3 fully saturated rings. The first kappa shape index (κ1) is 18.9. The minimum absolute atomic E-state index is 0.0230. The Morgan fingerprint density at radius 3 is 2.66 bits per heavy atom. The molecule has 0 aromatic heterocycles. The number of hydrogen-bond acceptors (Lipinski definition) is 5. The number of fused-ring (bicyclic) bond motifs is 1. The third kappa shape index (κ3) is 2.20. The van der Waals surface area contributed by atoms with Gasteiger partial charge in [0, 0.05) is 18.0 Å². The molecule has 4 aliphatic rings. The molecule has 1 spiro atoms. The van der Waals surface area contributed by atoms with E-state index in [4.69, 9.17) is 0 Å². The molecular formula is C22H29N3O4. The van der Waals surface area contributed by atoms with Crippen molar-refractivity contribution < 1.29 is 19.8 Å². The first-order valence-corrected chi connectivity index (χ1v) is 10.7. The molecule has 0 radical (unpaired) electrons. The Bertz CT molecular complexity index is 904. The molecule has 7 nitrogen and oxygen atoms in total. The number of phenols is 1. The van der Waals surface area contributed by atoms with E-state index in [1.165, 1.54) is 4.90 Å². The number of amides is 3. The van der Waals surface area contributed by atoms with Crippen molar-refractivity contribution in [3.05, 3.63) is 29.3 Å². The zero-order chi connectivity index (χ0) is 20.6. The van der Waals surface area contributed by atoms with Crippen molar-refractivity contribution in [2.45, 2.75) is 68.5 Å². The summed E-state index contributed by atoms with van der Waals surface area (Å²) in [5.74, 6) is -0.00314. The fourth-order valence-electron chi connectivity index (χ4n) is 6.77. The number of phenolic OH excluding ortho intramolecular Hbond substituents is 1. The molecular weight excluding hydrogens is 370 g/mol. The van der Waals surface area contributed by atoms with E-state index in [1.807, 2.05) is 6.07 Å². The lowest BCUT2D eigenvalue weighted by Gasteiger charge is -2.65. The van der Waals surface area contributed by atoms with Gasteiger partial charge in [-0.05, 0) is 75.4 Å². The van der Waals surface area contributed by atoms with Gasteiger partial charge in [0.15, 0.2) is 0 Å². The van der Waals surface area contributed by atoms with E-state index < -0.39 is 16.6 Å². The van der Waals surface area contributed by atoms with Crippen LogP contribution in [0.15, 0.2) is 18.2 Å². The lowest BCUT2D eigenvalue weighted by atomic mass is 9.46. The van der Waals surface area contributed by atoms with Crippen molar-refractivity contribution in [1.29, 1.82) is 0 Å². The Balaban J connectivity index is 1.68. The molecule has 7 heteroatoms. The first-order chi connectivity index (χ1) is 13.8. The highest BCUT2D eigenvalue weighted by Gasteiger charge is 2.69. The number of hydrogen-bond donors (Lipinski definition) is 3. The molecule has 0 unspecified atom stereocenters. The number of nitrogens with one attached hydrogen (secondary N) is 1. The predicted molar refractivity (Wildman–Crippen MR) is 107 cm³/mol. The minimum atomic E-state index is -0.988. The van der Waals surface area contributed by atoms with Crippen molar-refractivity contribution in [2.24, 2.45) is 0 Å². The molecule has 2 aliphatic heterocycles. The number of likely N-dealkylation sites (tertiary alicyclic amines) is 1. The van der Waals surface area contributed by atoms with Crippen molar-refractivity contribution in [3.8, 4) is 5.75 Å². The molecule has 5 rings (SSSR count). The Hall–Kier alpha value is -2.12. The predicted octanol–water partition coefficient (Wildman–Crippen LogP) is 1.51. The maximum Gasteiger partial charge on any atom is 0.325 e. The van der Waals surface area contributed by atoms with Gasteiger partial charge in [-0.2, -0.15) is 0 Å². The molecule has 1 aromatic rings. The number of urea groups is 1. The number of carbonyl (C=O) groups is 2. The number of nitrogens with zero attached hydrogens (tertiary/aromatic N) is 2. The summed E-state index contributed by atoms with van der Waals surface area (Å²) in [6.45, 7) is 5.95. The van der Waals surface area contributed by atoms with E-state index in [9.17, 15) is 19.8 Å². The number of rotatable bonds is 2. The number of carbonyl (C=O) groups excluding carboxylic acids is 2. The maximum atomic E-state index is 13.3. The second-order valence-electron chi connectivity index (χ2n) is 9.18. The van der Waals surface area contributed by atoms with Gasteiger partial charge in [-0.3, -0.25) is 14.6 Å². The lowest BCUT2D eigenvalue weighted by Crippen LogP contribution is -2.76. The van der Waals surface area contributed by atoms with Crippen molar-refractivity contribution in [3.63, 3.8) is 0 Å². The van der Waals surface area contributed by atoms with Crippen LogP contribution in [-0.4, -0.2) is 68.8 Å². The van der Waals surface area contributed by atoms with Gasteiger partial charge in [0.05, 0.1) is 5.60 Å². The molecule has 156 valence electrons. The van der Waals surface area contributed by atoms with E-state index in [2.05, 4.69) is 17.1 Å². The highest BCUT2D eigenvalue weighted by atomic mass is 16.3. The lowest BCUT2D eigenvalue weighted by molar-refractivity contribution is -0.180. The second-order valence-corrected chi connectivity index (χ2v) is 9.18. The second kappa shape index (κ2) is 5.95. The minimum Gasteiger partial charge on any atom is -0.508 e. The number of likely N-dealkylation sites (N-methyl/N-ethyl adjacent to an activating group) is 2. The van der Waals surface area contributed by atoms with Crippen LogP contribution in [-0.2, 0) is 16.6 Å². The summed E-state index contributed by atoms with van der Waals surface area (Å²) in [6, 6.07) is 5.06. The van der Waals surface area contributed by atoms with Crippen LogP contribution in [0.25, 0.3) is 0 Å². The normalized spacial score (nSPS) is 38.7. The highest BCUT2D eigenvalue weighted by molar-refractivity contribution is 6.07. The Kier molecular flexibility index (Phi) is 3.87. The molecule has 2 bridgehead atoms. The highest BCUT2D eigenvalue weighted by Crippen LogP contribution is 2.61. The van der Waals surface area contributed by atoms with Gasteiger partial charge in [0.2, 0.25) is 0 Å². The average Bonchev–Trinajstić information content (AvgIpc) is 2.92. The van der Waals surface area contributed by atoms with Crippen molar-refractivity contribution in [1.82, 2.24) is 15.1 Å². The third-order valence-electron chi connectivity index (χ3n) is 8.17. The number of aromatic hydroxyl groups is 1. The Morgan fingerprint density at radius 2 is 1.97 bits per heavy atom. The molecule has 2 heterocycles.